The number of nitrogens with one attached hydrogen (secondary N) is 1. The van der Waals surface area contributed by atoms with E-state index in [9.17, 15) is 8.42 Å². The molecule has 2 aliphatic rings. The van der Waals surface area contributed by atoms with Crippen molar-refractivity contribution in [2.75, 3.05) is 17.6 Å². The van der Waals surface area contributed by atoms with E-state index in [0.29, 0.717) is 10.4 Å². The van der Waals surface area contributed by atoms with Crippen molar-refractivity contribution in [3.63, 3.8) is 0 Å². The van der Waals surface area contributed by atoms with E-state index >= 15 is 0 Å². The molecule has 18 heavy (non-hydrogen) atoms. The van der Waals surface area contributed by atoms with E-state index in [4.69, 9.17) is 5.73 Å². The number of nitrogens with two attached hydrogens (primary N) is 1. The van der Waals surface area contributed by atoms with Crippen molar-refractivity contribution in [3.05, 3.63) is 0 Å². The van der Waals surface area contributed by atoms with Crippen molar-refractivity contribution >= 4 is 32.2 Å². The van der Waals surface area contributed by atoms with Crippen LogP contribution in [0.2, 0.25) is 0 Å². The highest BCUT2D eigenvalue weighted by Crippen LogP contribution is 2.46. The third-order valence-corrected chi connectivity index (χ3v) is 6.98. The zero-order chi connectivity index (χ0) is 13.0. The minimum Gasteiger partial charge on any atom is -0.382 e. The lowest BCUT2D eigenvalue weighted by Gasteiger charge is -2.11. The molecule has 0 amide bonds. The Hall–Kier alpha value is -0.820. The van der Waals surface area contributed by atoms with E-state index in [0.717, 1.165) is 30.9 Å². The lowest BCUT2D eigenvalue weighted by Crippen LogP contribution is -2.15. The van der Waals surface area contributed by atoms with Crippen molar-refractivity contribution in [1.82, 2.24) is 4.37 Å². The first kappa shape index (κ1) is 12.2. The first-order chi connectivity index (χ1) is 8.42. The zero-order valence-electron chi connectivity index (χ0n) is 10.3. The van der Waals surface area contributed by atoms with Gasteiger partial charge in [-0.1, -0.05) is 6.92 Å². The lowest BCUT2D eigenvalue weighted by atomic mass is 10.1. The van der Waals surface area contributed by atoms with E-state index in [1.807, 2.05) is 0 Å². The summed E-state index contributed by atoms with van der Waals surface area (Å²) in [5, 5.41) is 3.60. The maximum Gasteiger partial charge on any atom is 0.187 e. The first-order valence-corrected chi connectivity index (χ1v) is 8.47. The highest BCUT2D eigenvalue weighted by molar-refractivity contribution is 7.92. The summed E-state index contributed by atoms with van der Waals surface area (Å²) in [6, 6.07) is 0. The lowest BCUT2D eigenvalue weighted by molar-refractivity contribution is 0.593. The number of nitrogen functional groups attached to an aromatic ring is 1. The fourth-order valence-corrected chi connectivity index (χ4v) is 4.79. The first-order valence-electron chi connectivity index (χ1n) is 6.15. The fourth-order valence-electron chi connectivity index (χ4n) is 1.91. The molecule has 2 fully saturated rings. The van der Waals surface area contributed by atoms with E-state index < -0.39 is 9.84 Å². The van der Waals surface area contributed by atoms with E-state index in [2.05, 4.69) is 16.6 Å². The summed E-state index contributed by atoms with van der Waals surface area (Å²) in [4.78, 5) is 0.235. The normalized spacial score (nSPS) is 21.8. The molecule has 2 aliphatic carbocycles. The molecule has 7 heteroatoms. The van der Waals surface area contributed by atoms with Crippen LogP contribution in [0.4, 0.5) is 10.8 Å². The van der Waals surface area contributed by atoms with Crippen LogP contribution in [0.25, 0.3) is 0 Å². The summed E-state index contributed by atoms with van der Waals surface area (Å²) >= 11 is 1.15. The Bertz CT molecular complexity index is 571. The molecule has 3 rings (SSSR count). The van der Waals surface area contributed by atoms with Gasteiger partial charge in [-0.3, -0.25) is 0 Å². The predicted octanol–water partition coefficient (Wildman–Crippen LogP) is 1.87. The SMILES string of the molecule is CC1(CNc2snc(N)c2S(=O)(=O)C2CC2)CC1. The van der Waals surface area contributed by atoms with Crippen LogP contribution in [-0.4, -0.2) is 24.6 Å². The highest BCUT2D eigenvalue weighted by atomic mass is 32.2. The Balaban J connectivity index is 1.86. The van der Waals surface area contributed by atoms with Gasteiger partial charge in [-0.2, -0.15) is 4.37 Å². The van der Waals surface area contributed by atoms with Crippen LogP contribution in [0.15, 0.2) is 4.90 Å². The maximum absolute atomic E-state index is 12.3. The molecular weight excluding hydrogens is 270 g/mol. The molecule has 0 bridgehead atoms. The molecular formula is C11H17N3O2S2. The minimum absolute atomic E-state index is 0.148. The van der Waals surface area contributed by atoms with Gasteiger partial charge >= 0.3 is 0 Å². The molecule has 100 valence electrons. The second kappa shape index (κ2) is 3.84. The van der Waals surface area contributed by atoms with Crippen LogP contribution >= 0.6 is 11.5 Å². The van der Waals surface area contributed by atoms with Gasteiger partial charge in [0.1, 0.15) is 9.90 Å². The van der Waals surface area contributed by atoms with Crippen LogP contribution < -0.4 is 11.1 Å². The summed E-state index contributed by atoms with van der Waals surface area (Å²) in [5.74, 6) is 0.148. The van der Waals surface area contributed by atoms with Crippen molar-refractivity contribution in [2.24, 2.45) is 5.41 Å². The van der Waals surface area contributed by atoms with Crippen molar-refractivity contribution in [2.45, 2.75) is 42.8 Å². The number of aromatic nitrogens is 1. The number of hydrogen-bond acceptors (Lipinski definition) is 6. The number of rotatable bonds is 5. The fraction of sp³-hybridized carbons (Fsp3) is 0.727. The Labute approximate surface area is 111 Å². The standard InChI is InChI=1S/C11H17N3O2S2/c1-11(4-5-11)6-13-10-8(9(12)14-17-10)18(15,16)7-2-3-7/h7,13H,2-6H2,1H3,(H2,12,14). The summed E-state index contributed by atoms with van der Waals surface area (Å²) in [6.45, 7) is 2.99. The van der Waals surface area contributed by atoms with Gasteiger partial charge in [0.2, 0.25) is 0 Å². The maximum atomic E-state index is 12.3. The van der Waals surface area contributed by atoms with E-state index in [1.54, 1.807) is 0 Å². The molecule has 1 aromatic rings. The smallest absolute Gasteiger partial charge is 0.187 e. The van der Waals surface area contributed by atoms with Gasteiger partial charge in [0.05, 0.1) is 5.25 Å². The topological polar surface area (TPSA) is 85.1 Å². The van der Waals surface area contributed by atoms with Crippen molar-refractivity contribution < 1.29 is 8.42 Å². The Morgan fingerprint density at radius 2 is 2.17 bits per heavy atom. The molecule has 1 aromatic heterocycles. The average molecular weight is 287 g/mol. The van der Waals surface area contributed by atoms with E-state index in [-0.39, 0.29) is 16.0 Å². The Kier molecular flexibility index (Phi) is 2.60. The number of sulfone groups is 1. The predicted molar refractivity (Wildman–Crippen MR) is 72.6 cm³/mol. The molecule has 0 atom stereocenters. The minimum atomic E-state index is -3.27. The van der Waals surface area contributed by atoms with Crippen LogP contribution in [0.1, 0.15) is 32.6 Å². The molecule has 0 spiro atoms. The van der Waals surface area contributed by atoms with Crippen molar-refractivity contribution in [1.29, 1.82) is 0 Å². The molecule has 3 N–H and O–H groups in total. The van der Waals surface area contributed by atoms with Crippen LogP contribution in [0.3, 0.4) is 0 Å². The Morgan fingerprint density at radius 3 is 2.72 bits per heavy atom. The number of nitrogens with zero attached hydrogens (tertiary/aromatic N) is 1. The van der Waals surface area contributed by atoms with Crippen LogP contribution in [-0.2, 0) is 9.84 Å². The molecule has 0 aliphatic heterocycles. The molecule has 0 saturated heterocycles. The number of anilines is 2. The van der Waals surface area contributed by atoms with Crippen LogP contribution in [0.5, 0.6) is 0 Å². The Morgan fingerprint density at radius 1 is 1.50 bits per heavy atom. The zero-order valence-corrected chi connectivity index (χ0v) is 11.9. The van der Waals surface area contributed by atoms with Gasteiger partial charge in [0.15, 0.2) is 15.7 Å². The second-order valence-electron chi connectivity index (χ2n) is 5.63. The number of hydrogen-bond donors (Lipinski definition) is 2. The van der Waals surface area contributed by atoms with Gasteiger partial charge in [-0.15, -0.1) is 0 Å². The van der Waals surface area contributed by atoms with Gasteiger partial charge in [0, 0.05) is 6.54 Å². The molecule has 0 radical (unpaired) electrons. The highest BCUT2D eigenvalue weighted by Gasteiger charge is 2.42. The molecule has 1 heterocycles. The molecule has 0 aromatic carbocycles. The van der Waals surface area contributed by atoms with Gasteiger partial charge in [0.25, 0.3) is 0 Å². The summed E-state index contributed by atoms with van der Waals surface area (Å²) in [6.07, 6.45) is 3.88. The quantitative estimate of drug-likeness (QED) is 0.863. The van der Waals surface area contributed by atoms with Gasteiger partial charge < -0.3 is 11.1 Å². The summed E-state index contributed by atoms with van der Waals surface area (Å²) in [7, 11) is -3.27. The summed E-state index contributed by atoms with van der Waals surface area (Å²) < 4.78 is 28.6. The molecule has 5 nitrogen and oxygen atoms in total. The average Bonchev–Trinajstić information content (AvgIpc) is 3.19. The third-order valence-electron chi connectivity index (χ3n) is 3.70. The van der Waals surface area contributed by atoms with Gasteiger partial charge in [-0.25, -0.2) is 8.42 Å². The van der Waals surface area contributed by atoms with Crippen LogP contribution in [0, 0.1) is 5.41 Å². The molecule has 2 saturated carbocycles. The molecule has 0 unspecified atom stereocenters. The third kappa shape index (κ3) is 2.09. The second-order valence-corrected chi connectivity index (χ2v) is 8.57. The van der Waals surface area contributed by atoms with Gasteiger partial charge in [-0.05, 0) is 42.6 Å². The summed E-state index contributed by atoms with van der Waals surface area (Å²) in [5.41, 5.74) is 6.05. The van der Waals surface area contributed by atoms with E-state index in [1.165, 1.54) is 12.8 Å². The largest absolute Gasteiger partial charge is 0.382 e. The monoisotopic (exact) mass is 287 g/mol. The van der Waals surface area contributed by atoms with Crippen molar-refractivity contribution in [3.8, 4) is 0 Å².